The third kappa shape index (κ3) is 2.96. The van der Waals surface area contributed by atoms with E-state index >= 15 is 0 Å². The first-order chi connectivity index (χ1) is 8.20. The van der Waals surface area contributed by atoms with Crippen LogP contribution in [0.5, 0.6) is 0 Å². The third-order valence-corrected chi connectivity index (χ3v) is 3.26. The number of amides is 1. The molecule has 1 aliphatic carbocycles. The number of aromatic nitrogens is 1. The molecule has 1 amide bonds. The van der Waals surface area contributed by atoms with Crippen LogP contribution in [0.4, 0.5) is 0 Å². The molecule has 17 heavy (non-hydrogen) atoms. The summed E-state index contributed by atoms with van der Waals surface area (Å²) in [6.07, 6.45) is 4.65. The van der Waals surface area contributed by atoms with E-state index in [9.17, 15) is 4.79 Å². The number of rotatable bonds is 3. The summed E-state index contributed by atoms with van der Waals surface area (Å²) < 4.78 is 5.32. The number of ether oxygens (including phenoxy) is 1. The minimum absolute atomic E-state index is 0.0771. The van der Waals surface area contributed by atoms with Gasteiger partial charge in [0.15, 0.2) is 0 Å². The fourth-order valence-corrected chi connectivity index (χ4v) is 2.30. The predicted molar refractivity (Wildman–Crippen MR) is 65.1 cm³/mol. The van der Waals surface area contributed by atoms with Crippen LogP contribution in [0, 0.1) is 0 Å². The molecular weight excluding hydrogens is 240 g/mol. The fourth-order valence-electron chi connectivity index (χ4n) is 2.14. The van der Waals surface area contributed by atoms with Crippen LogP contribution >= 0.6 is 11.6 Å². The Morgan fingerprint density at radius 1 is 1.59 bits per heavy atom. The van der Waals surface area contributed by atoms with Crippen molar-refractivity contribution in [3.05, 3.63) is 29.0 Å². The molecule has 1 aliphatic rings. The molecule has 1 fully saturated rings. The minimum Gasteiger partial charge on any atom is -0.379 e. The zero-order valence-electron chi connectivity index (χ0n) is 9.65. The van der Waals surface area contributed by atoms with Gasteiger partial charge in [0.1, 0.15) is 5.69 Å². The van der Waals surface area contributed by atoms with E-state index in [2.05, 4.69) is 10.3 Å². The van der Waals surface area contributed by atoms with Gasteiger partial charge in [-0.15, -0.1) is 0 Å². The average Bonchev–Trinajstić information content (AvgIpc) is 2.76. The van der Waals surface area contributed by atoms with Gasteiger partial charge in [0.25, 0.3) is 5.91 Å². The third-order valence-electron chi connectivity index (χ3n) is 3.03. The molecule has 0 aliphatic heterocycles. The highest BCUT2D eigenvalue weighted by Crippen LogP contribution is 2.21. The first-order valence-corrected chi connectivity index (χ1v) is 6.03. The van der Waals surface area contributed by atoms with Crippen molar-refractivity contribution in [3.63, 3.8) is 0 Å². The number of pyridine rings is 1. The normalized spacial score (nSPS) is 23.6. The number of nitrogens with zero attached hydrogens (tertiary/aromatic N) is 1. The lowest BCUT2D eigenvalue weighted by Crippen LogP contribution is -2.41. The Labute approximate surface area is 105 Å². The maximum Gasteiger partial charge on any atom is 0.270 e. The Hall–Kier alpha value is -1.13. The average molecular weight is 255 g/mol. The number of carbonyl (C=O) groups excluding carboxylic acids is 1. The molecule has 0 radical (unpaired) electrons. The summed E-state index contributed by atoms with van der Waals surface area (Å²) in [5.41, 5.74) is 0.347. The summed E-state index contributed by atoms with van der Waals surface area (Å²) in [5.74, 6) is -0.193. The second-order valence-corrected chi connectivity index (χ2v) is 4.58. The van der Waals surface area contributed by atoms with Crippen LogP contribution in [0.25, 0.3) is 0 Å². The van der Waals surface area contributed by atoms with E-state index in [4.69, 9.17) is 16.3 Å². The van der Waals surface area contributed by atoms with Gasteiger partial charge in [0, 0.05) is 18.3 Å². The van der Waals surface area contributed by atoms with E-state index in [1.807, 2.05) is 0 Å². The molecule has 1 heterocycles. The van der Waals surface area contributed by atoms with Crippen molar-refractivity contribution in [2.24, 2.45) is 0 Å². The van der Waals surface area contributed by atoms with Crippen molar-refractivity contribution >= 4 is 17.5 Å². The Kier molecular flexibility index (Phi) is 3.97. The summed E-state index contributed by atoms with van der Waals surface area (Å²) in [5, 5.41) is 3.45. The Balaban J connectivity index is 2.01. The highest BCUT2D eigenvalue weighted by Gasteiger charge is 2.28. The quantitative estimate of drug-likeness (QED) is 0.898. The Bertz CT molecular complexity index is 411. The van der Waals surface area contributed by atoms with Gasteiger partial charge in [-0.2, -0.15) is 0 Å². The van der Waals surface area contributed by atoms with Crippen molar-refractivity contribution in [1.82, 2.24) is 10.3 Å². The van der Waals surface area contributed by atoms with E-state index in [1.54, 1.807) is 19.2 Å². The van der Waals surface area contributed by atoms with Gasteiger partial charge in [-0.25, -0.2) is 0 Å². The number of hydrogen-bond donors (Lipinski definition) is 1. The maximum absolute atomic E-state index is 11.9. The Morgan fingerprint density at radius 3 is 3.12 bits per heavy atom. The number of hydrogen-bond acceptors (Lipinski definition) is 3. The van der Waals surface area contributed by atoms with Gasteiger partial charge in [-0.1, -0.05) is 11.6 Å². The van der Waals surface area contributed by atoms with Crippen LogP contribution < -0.4 is 5.32 Å². The zero-order chi connectivity index (χ0) is 12.3. The summed E-state index contributed by atoms with van der Waals surface area (Å²) in [6.45, 7) is 0. The van der Waals surface area contributed by atoms with Crippen molar-refractivity contribution in [3.8, 4) is 0 Å². The molecule has 1 aromatic rings. The molecule has 0 saturated heterocycles. The molecular formula is C12H15ClN2O2. The predicted octanol–water partition coefficient (Wildman–Crippen LogP) is 2.03. The molecule has 0 bridgehead atoms. The standard InChI is InChI=1S/C12H15ClN2O2/c1-17-11-4-2-3-9(11)15-12(16)10-7-8(13)5-6-14-10/h5-7,9,11H,2-4H2,1H3,(H,15,16). The zero-order valence-corrected chi connectivity index (χ0v) is 10.4. The highest BCUT2D eigenvalue weighted by atomic mass is 35.5. The van der Waals surface area contributed by atoms with Gasteiger partial charge >= 0.3 is 0 Å². The lowest BCUT2D eigenvalue weighted by atomic mass is 10.2. The summed E-state index contributed by atoms with van der Waals surface area (Å²) in [7, 11) is 1.67. The van der Waals surface area contributed by atoms with Crippen LogP contribution in [0.1, 0.15) is 29.8 Å². The number of carbonyl (C=O) groups is 1. The second kappa shape index (κ2) is 5.47. The minimum atomic E-state index is -0.193. The molecule has 0 aromatic carbocycles. The van der Waals surface area contributed by atoms with Crippen LogP contribution in [0.3, 0.4) is 0 Å². The van der Waals surface area contributed by atoms with Crippen molar-refractivity contribution in [2.45, 2.75) is 31.4 Å². The molecule has 1 N–H and O–H groups in total. The SMILES string of the molecule is COC1CCCC1NC(=O)c1cc(Cl)ccn1. The topological polar surface area (TPSA) is 51.2 Å². The monoisotopic (exact) mass is 254 g/mol. The lowest BCUT2D eigenvalue weighted by Gasteiger charge is -2.19. The van der Waals surface area contributed by atoms with E-state index in [1.165, 1.54) is 6.20 Å². The lowest BCUT2D eigenvalue weighted by molar-refractivity contribution is 0.0719. The molecule has 2 atom stereocenters. The van der Waals surface area contributed by atoms with Crippen LogP contribution in [0.2, 0.25) is 5.02 Å². The maximum atomic E-state index is 11.9. The van der Waals surface area contributed by atoms with E-state index in [0.29, 0.717) is 10.7 Å². The summed E-state index contributed by atoms with van der Waals surface area (Å²) >= 11 is 5.82. The summed E-state index contributed by atoms with van der Waals surface area (Å²) in [6, 6.07) is 3.28. The Morgan fingerprint density at radius 2 is 2.41 bits per heavy atom. The smallest absolute Gasteiger partial charge is 0.270 e. The van der Waals surface area contributed by atoms with Crippen molar-refractivity contribution < 1.29 is 9.53 Å². The molecule has 1 saturated carbocycles. The van der Waals surface area contributed by atoms with Crippen LogP contribution in [0.15, 0.2) is 18.3 Å². The molecule has 92 valence electrons. The molecule has 4 nitrogen and oxygen atoms in total. The fraction of sp³-hybridized carbons (Fsp3) is 0.500. The van der Waals surface area contributed by atoms with Crippen LogP contribution in [-0.2, 0) is 4.74 Å². The molecule has 2 unspecified atom stereocenters. The molecule has 1 aromatic heterocycles. The van der Waals surface area contributed by atoms with Gasteiger partial charge in [-0.05, 0) is 31.4 Å². The first-order valence-electron chi connectivity index (χ1n) is 5.66. The summed E-state index contributed by atoms with van der Waals surface area (Å²) in [4.78, 5) is 15.9. The van der Waals surface area contributed by atoms with E-state index in [-0.39, 0.29) is 18.1 Å². The molecule has 5 heteroatoms. The van der Waals surface area contributed by atoms with Gasteiger partial charge in [0.2, 0.25) is 0 Å². The van der Waals surface area contributed by atoms with Crippen molar-refractivity contribution in [2.75, 3.05) is 7.11 Å². The number of halogens is 1. The molecule has 2 rings (SSSR count). The van der Waals surface area contributed by atoms with Crippen LogP contribution in [-0.4, -0.2) is 30.1 Å². The number of methoxy groups -OCH3 is 1. The van der Waals surface area contributed by atoms with E-state index in [0.717, 1.165) is 19.3 Å². The molecule has 0 spiro atoms. The largest absolute Gasteiger partial charge is 0.379 e. The highest BCUT2D eigenvalue weighted by molar-refractivity contribution is 6.30. The number of nitrogens with one attached hydrogen (secondary N) is 1. The first kappa shape index (κ1) is 12.3. The van der Waals surface area contributed by atoms with Crippen molar-refractivity contribution in [1.29, 1.82) is 0 Å². The van der Waals surface area contributed by atoms with E-state index < -0.39 is 0 Å². The van der Waals surface area contributed by atoms with Gasteiger partial charge < -0.3 is 10.1 Å². The van der Waals surface area contributed by atoms with Gasteiger partial charge in [-0.3, -0.25) is 9.78 Å². The second-order valence-electron chi connectivity index (χ2n) is 4.14. The van der Waals surface area contributed by atoms with Gasteiger partial charge in [0.05, 0.1) is 12.1 Å².